The molecule has 0 atom stereocenters. The summed E-state index contributed by atoms with van der Waals surface area (Å²) < 4.78 is 12.3. The van der Waals surface area contributed by atoms with E-state index in [-0.39, 0.29) is 12.3 Å². The molecule has 0 saturated heterocycles. The van der Waals surface area contributed by atoms with Gasteiger partial charge >= 0.3 is 0 Å². The zero-order chi connectivity index (χ0) is 21.1. The van der Waals surface area contributed by atoms with E-state index in [1.807, 2.05) is 18.2 Å². The largest absolute Gasteiger partial charge is 0.497 e. The number of halogens is 1. The zero-order valence-corrected chi connectivity index (χ0v) is 17.2. The molecule has 152 valence electrons. The fourth-order valence-electron chi connectivity index (χ4n) is 3.25. The summed E-state index contributed by atoms with van der Waals surface area (Å²) in [5.41, 5.74) is 2.84. The van der Waals surface area contributed by atoms with Crippen molar-refractivity contribution in [2.75, 3.05) is 19.5 Å². The zero-order valence-electron chi connectivity index (χ0n) is 16.4. The lowest BCUT2D eigenvalue weighted by Crippen LogP contribution is -2.16. The third kappa shape index (κ3) is 3.92. The Hall–Kier alpha value is -3.58. The summed E-state index contributed by atoms with van der Waals surface area (Å²) in [5, 5.41) is 7.99. The van der Waals surface area contributed by atoms with E-state index in [1.165, 1.54) is 0 Å². The molecule has 4 rings (SSSR count). The van der Waals surface area contributed by atoms with Crippen molar-refractivity contribution >= 4 is 29.0 Å². The van der Waals surface area contributed by atoms with Crippen molar-refractivity contribution < 1.29 is 14.3 Å². The predicted octanol–water partition coefficient (Wildman–Crippen LogP) is 4.25. The van der Waals surface area contributed by atoms with Crippen molar-refractivity contribution in [3.8, 4) is 22.6 Å². The number of nitrogens with zero attached hydrogens (tertiary/aromatic N) is 3. The molecule has 1 N–H and O–H groups in total. The third-order valence-corrected chi connectivity index (χ3v) is 4.84. The van der Waals surface area contributed by atoms with E-state index < -0.39 is 0 Å². The van der Waals surface area contributed by atoms with Crippen molar-refractivity contribution in [1.29, 1.82) is 0 Å². The Kier molecular flexibility index (Phi) is 5.54. The minimum absolute atomic E-state index is 0.0939. The van der Waals surface area contributed by atoms with E-state index in [0.717, 1.165) is 5.56 Å². The first-order chi connectivity index (χ1) is 14.6. The molecule has 0 unspecified atom stereocenters. The van der Waals surface area contributed by atoms with E-state index in [1.54, 1.807) is 61.5 Å². The first-order valence-corrected chi connectivity index (χ1v) is 9.57. The van der Waals surface area contributed by atoms with E-state index in [0.29, 0.717) is 39.1 Å². The molecule has 0 aliphatic heterocycles. The molecule has 0 bridgehead atoms. The molecular weight excluding hydrogens is 404 g/mol. The van der Waals surface area contributed by atoms with Crippen LogP contribution in [0.5, 0.6) is 11.5 Å². The molecule has 2 aromatic heterocycles. The smallest absolute Gasteiger partial charge is 0.230 e. The van der Waals surface area contributed by atoms with Crippen LogP contribution in [0.25, 0.3) is 16.8 Å². The number of benzene rings is 2. The Morgan fingerprint density at radius 3 is 2.77 bits per heavy atom. The number of methoxy groups -OCH3 is 2. The van der Waals surface area contributed by atoms with Gasteiger partial charge < -0.3 is 14.8 Å². The van der Waals surface area contributed by atoms with Gasteiger partial charge in [0.2, 0.25) is 5.91 Å². The third-order valence-electron chi connectivity index (χ3n) is 4.60. The van der Waals surface area contributed by atoms with Crippen LogP contribution in [-0.4, -0.2) is 34.7 Å². The second-order valence-electron chi connectivity index (χ2n) is 6.52. The lowest BCUT2D eigenvalue weighted by atomic mass is 10.1. The molecule has 7 nitrogen and oxygen atoms in total. The molecule has 0 aliphatic carbocycles. The second kappa shape index (κ2) is 8.42. The quantitative estimate of drug-likeness (QED) is 0.502. The van der Waals surface area contributed by atoms with Gasteiger partial charge in [0.05, 0.1) is 26.2 Å². The van der Waals surface area contributed by atoms with Gasteiger partial charge in [-0.1, -0.05) is 23.7 Å². The molecule has 0 fully saturated rings. The van der Waals surface area contributed by atoms with Gasteiger partial charge in [-0.05, 0) is 42.0 Å². The number of amides is 1. The fourth-order valence-corrected chi connectivity index (χ4v) is 3.44. The van der Waals surface area contributed by atoms with Crippen molar-refractivity contribution in [3.63, 3.8) is 0 Å². The summed E-state index contributed by atoms with van der Waals surface area (Å²) in [7, 11) is 3.14. The Morgan fingerprint density at radius 1 is 1.13 bits per heavy atom. The summed E-state index contributed by atoms with van der Waals surface area (Å²) >= 11 is 6.18. The summed E-state index contributed by atoms with van der Waals surface area (Å²) in [6, 6.07) is 14.5. The van der Waals surface area contributed by atoms with Crippen LogP contribution in [0.15, 0.2) is 60.9 Å². The molecule has 0 radical (unpaired) electrons. The van der Waals surface area contributed by atoms with Crippen molar-refractivity contribution in [2.45, 2.75) is 6.42 Å². The average Bonchev–Trinajstić information content (AvgIpc) is 3.11. The first kappa shape index (κ1) is 19.7. The lowest BCUT2D eigenvalue weighted by molar-refractivity contribution is -0.115. The SMILES string of the molecule is COc1ccc(OC)c(CC(=O)Nc2nn3cccnc3c2-c2cccc(Cl)c2)c1. The maximum Gasteiger partial charge on any atom is 0.230 e. The number of rotatable bonds is 6. The molecule has 0 spiro atoms. The van der Waals surface area contributed by atoms with Gasteiger partial charge in [0.1, 0.15) is 11.5 Å². The van der Waals surface area contributed by atoms with Crippen LogP contribution in [-0.2, 0) is 11.2 Å². The van der Waals surface area contributed by atoms with Crippen molar-refractivity contribution in [1.82, 2.24) is 14.6 Å². The van der Waals surface area contributed by atoms with Crippen molar-refractivity contribution in [3.05, 3.63) is 71.5 Å². The van der Waals surface area contributed by atoms with E-state index in [4.69, 9.17) is 21.1 Å². The summed E-state index contributed by atoms with van der Waals surface area (Å²) in [4.78, 5) is 17.3. The highest BCUT2D eigenvalue weighted by molar-refractivity contribution is 6.31. The molecule has 0 saturated carbocycles. The van der Waals surface area contributed by atoms with Crippen molar-refractivity contribution in [2.24, 2.45) is 0 Å². The Morgan fingerprint density at radius 2 is 2.00 bits per heavy atom. The number of aromatic nitrogens is 3. The Bertz CT molecular complexity index is 1220. The minimum atomic E-state index is -0.242. The Balaban J connectivity index is 1.69. The highest BCUT2D eigenvalue weighted by Gasteiger charge is 2.19. The number of anilines is 1. The average molecular weight is 423 g/mol. The number of fused-ring (bicyclic) bond motifs is 1. The summed E-state index contributed by atoms with van der Waals surface area (Å²) in [6.45, 7) is 0. The minimum Gasteiger partial charge on any atom is -0.497 e. The van der Waals surface area contributed by atoms with Crippen LogP contribution in [0.2, 0.25) is 5.02 Å². The lowest BCUT2D eigenvalue weighted by Gasteiger charge is -2.11. The van der Waals surface area contributed by atoms with Crippen LogP contribution in [0.4, 0.5) is 5.82 Å². The standard InChI is InChI=1S/C22H19ClN4O3/c1-29-17-7-8-18(30-2)15(12-17)13-19(28)25-21-20(14-5-3-6-16(23)11-14)22-24-9-4-10-27(22)26-21/h3-12H,13H2,1-2H3,(H,25,26,28). The fraction of sp³-hybridized carbons (Fsp3) is 0.136. The van der Waals surface area contributed by atoms with E-state index >= 15 is 0 Å². The molecule has 4 aromatic rings. The Labute approximate surface area is 178 Å². The van der Waals surface area contributed by atoms with E-state index in [2.05, 4.69) is 15.4 Å². The molecule has 8 heteroatoms. The molecule has 2 aromatic carbocycles. The molecule has 1 amide bonds. The number of ether oxygens (including phenoxy) is 2. The monoisotopic (exact) mass is 422 g/mol. The second-order valence-corrected chi connectivity index (χ2v) is 6.96. The van der Waals surface area contributed by atoms with Crippen LogP contribution in [0.3, 0.4) is 0 Å². The van der Waals surface area contributed by atoms with Gasteiger partial charge in [-0.15, -0.1) is 5.10 Å². The van der Waals surface area contributed by atoms with Crippen LogP contribution in [0.1, 0.15) is 5.56 Å². The highest BCUT2D eigenvalue weighted by atomic mass is 35.5. The van der Waals surface area contributed by atoms with Gasteiger partial charge in [0.25, 0.3) is 0 Å². The summed E-state index contributed by atoms with van der Waals surface area (Å²) in [5.74, 6) is 1.42. The van der Waals surface area contributed by atoms with Gasteiger partial charge in [-0.2, -0.15) is 0 Å². The van der Waals surface area contributed by atoms with E-state index in [9.17, 15) is 4.79 Å². The molecule has 0 aliphatic rings. The maximum atomic E-state index is 12.9. The molecule has 2 heterocycles. The molecular formula is C22H19ClN4O3. The van der Waals surface area contributed by atoms with Gasteiger partial charge in [0.15, 0.2) is 11.5 Å². The van der Waals surface area contributed by atoms with Gasteiger partial charge in [0, 0.05) is 23.0 Å². The maximum absolute atomic E-state index is 12.9. The summed E-state index contributed by atoms with van der Waals surface area (Å²) in [6.07, 6.45) is 3.55. The predicted molar refractivity (Wildman–Crippen MR) is 115 cm³/mol. The number of carbonyl (C=O) groups is 1. The van der Waals surface area contributed by atoms with Gasteiger partial charge in [-0.25, -0.2) is 9.50 Å². The van der Waals surface area contributed by atoms with Gasteiger partial charge in [-0.3, -0.25) is 4.79 Å². The topological polar surface area (TPSA) is 77.8 Å². The van der Waals surface area contributed by atoms with Crippen LogP contribution >= 0.6 is 11.6 Å². The van der Waals surface area contributed by atoms with Crippen LogP contribution < -0.4 is 14.8 Å². The number of hydrogen-bond acceptors (Lipinski definition) is 5. The number of hydrogen-bond donors (Lipinski definition) is 1. The van der Waals surface area contributed by atoms with Crippen LogP contribution in [0, 0.1) is 0 Å². The normalized spacial score (nSPS) is 10.8. The number of nitrogens with one attached hydrogen (secondary N) is 1. The highest BCUT2D eigenvalue weighted by Crippen LogP contribution is 2.33. The first-order valence-electron chi connectivity index (χ1n) is 9.19. The molecule has 30 heavy (non-hydrogen) atoms. The number of carbonyl (C=O) groups excluding carboxylic acids is 1.